The van der Waals surface area contributed by atoms with Gasteiger partial charge in [0, 0.05) is 11.6 Å². The lowest BCUT2D eigenvalue weighted by atomic mass is 9.95. The van der Waals surface area contributed by atoms with Gasteiger partial charge in [-0.1, -0.05) is 18.2 Å². The predicted molar refractivity (Wildman–Crippen MR) is 77.8 cm³/mol. The van der Waals surface area contributed by atoms with Crippen LogP contribution in [0.3, 0.4) is 0 Å². The maximum absolute atomic E-state index is 12.4. The molecule has 1 aromatic rings. The molecule has 2 amide bonds. The third kappa shape index (κ3) is 2.81. The molecule has 114 valence electrons. The fraction of sp³-hybridized carbons (Fsp3) is 0.250. The lowest BCUT2D eigenvalue weighted by Crippen LogP contribution is -2.35. The Morgan fingerprint density at radius 2 is 1.82 bits per heavy atom. The van der Waals surface area contributed by atoms with Gasteiger partial charge in [0.25, 0.3) is 11.8 Å². The topological polar surface area (TPSA) is 80.8 Å². The van der Waals surface area contributed by atoms with Crippen LogP contribution >= 0.6 is 0 Å². The normalized spacial score (nSPS) is 15.5. The Morgan fingerprint density at radius 3 is 2.36 bits per heavy atom. The van der Waals surface area contributed by atoms with Gasteiger partial charge in [0.15, 0.2) is 0 Å². The van der Waals surface area contributed by atoms with E-state index in [2.05, 4.69) is 0 Å². The van der Waals surface area contributed by atoms with Crippen molar-refractivity contribution in [3.05, 3.63) is 42.0 Å². The minimum atomic E-state index is -1.37. The summed E-state index contributed by atoms with van der Waals surface area (Å²) < 4.78 is 4.82. The molecule has 0 aliphatic carbocycles. The second kappa shape index (κ2) is 6.34. The Morgan fingerprint density at radius 1 is 1.18 bits per heavy atom. The van der Waals surface area contributed by atoms with E-state index in [0.717, 1.165) is 11.0 Å². The fourth-order valence-corrected chi connectivity index (χ4v) is 2.25. The number of rotatable bonds is 5. The van der Waals surface area contributed by atoms with Gasteiger partial charge in [0.1, 0.15) is 11.7 Å². The summed E-state index contributed by atoms with van der Waals surface area (Å²) in [5, 5.41) is 0. The summed E-state index contributed by atoms with van der Waals surface area (Å²) in [4.78, 5) is 49.1. The molecule has 6 heteroatoms. The molecule has 0 N–H and O–H groups in total. The molecule has 0 saturated carbocycles. The van der Waals surface area contributed by atoms with Crippen molar-refractivity contribution in [1.82, 2.24) is 0 Å². The standard InChI is InChI=1S/C16H15NO5/c1-3-22-16(21)14(10(2)18)12-9-13(19)17(15(12)20)11-7-5-4-6-8-11/h4-9,14H,3H2,1-2H3. The molecule has 0 radical (unpaired) electrons. The molecular weight excluding hydrogens is 286 g/mol. The molecule has 6 nitrogen and oxygen atoms in total. The SMILES string of the molecule is CCOC(=O)C(C(C)=O)C1=CC(=O)N(c2ccccc2)C1=O. The first-order valence-electron chi connectivity index (χ1n) is 6.79. The van der Waals surface area contributed by atoms with E-state index in [9.17, 15) is 19.2 Å². The maximum Gasteiger partial charge on any atom is 0.321 e. The maximum atomic E-state index is 12.4. The number of carbonyl (C=O) groups is 4. The molecule has 1 atom stereocenters. The quantitative estimate of drug-likeness (QED) is 0.464. The van der Waals surface area contributed by atoms with E-state index in [-0.39, 0.29) is 12.2 Å². The first kappa shape index (κ1) is 15.6. The number of para-hydroxylation sites is 1. The molecule has 0 saturated heterocycles. The van der Waals surface area contributed by atoms with Gasteiger partial charge < -0.3 is 4.74 Å². The van der Waals surface area contributed by atoms with Crippen molar-refractivity contribution in [2.24, 2.45) is 5.92 Å². The van der Waals surface area contributed by atoms with Crippen molar-refractivity contribution in [3.63, 3.8) is 0 Å². The molecule has 1 aliphatic rings. The molecule has 0 bridgehead atoms. The number of amides is 2. The number of esters is 1. The lowest BCUT2D eigenvalue weighted by Gasteiger charge is -2.17. The van der Waals surface area contributed by atoms with E-state index in [0.29, 0.717) is 5.69 Å². The molecule has 0 fully saturated rings. The van der Waals surface area contributed by atoms with Gasteiger partial charge in [-0.05, 0) is 26.0 Å². The minimum Gasteiger partial charge on any atom is -0.465 e. The van der Waals surface area contributed by atoms with Crippen molar-refractivity contribution in [2.45, 2.75) is 13.8 Å². The van der Waals surface area contributed by atoms with Gasteiger partial charge in [0.2, 0.25) is 0 Å². The molecule has 0 spiro atoms. The van der Waals surface area contributed by atoms with Gasteiger partial charge >= 0.3 is 5.97 Å². The van der Waals surface area contributed by atoms with Crippen LogP contribution in [-0.4, -0.2) is 30.2 Å². The number of hydrogen-bond donors (Lipinski definition) is 0. The zero-order valence-corrected chi connectivity index (χ0v) is 12.2. The van der Waals surface area contributed by atoms with Gasteiger partial charge in [-0.15, -0.1) is 0 Å². The van der Waals surface area contributed by atoms with Crippen molar-refractivity contribution >= 4 is 29.3 Å². The number of ketones is 1. The van der Waals surface area contributed by atoms with E-state index >= 15 is 0 Å². The molecule has 2 rings (SSSR count). The molecule has 22 heavy (non-hydrogen) atoms. The summed E-state index contributed by atoms with van der Waals surface area (Å²) in [6.45, 7) is 2.87. The minimum absolute atomic E-state index is 0.0838. The van der Waals surface area contributed by atoms with Gasteiger partial charge in [-0.25, -0.2) is 4.90 Å². The highest BCUT2D eigenvalue weighted by molar-refractivity contribution is 6.33. The molecule has 0 aromatic heterocycles. The Balaban J connectivity index is 2.35. The van der Waals surface area contributed by atoms with Crippen LogP contribution in [0.5, 0.6) is 0 Å². The van der Waals surface area contributed by atoms with E-state index < -0.39 is 29.5 Å². The Bertz CT molecular complexity index is 662. The van der Waals surface area contributed by atoms with Crippen molar-refractivity contribution in [1.29, 1.82) is 0 Å². The molecule has 1 heterocycles. The van der Waals surface area contributed by atoms with Crippen LogP contribution in [0.1, 0.15) is 13.8 Å². The van der Waals surface area contributed by atoms with Crippen LogP contribution in [0.25, 0.3) is 0 Å². The van der Waals surface area contributed by atoms with E-state index in [1.165, 1.54) is 6.92 Å². The first-order chi connectivity index (χ1) is 10.5. The monoisotopic (exact) mass is 301 g/mol. The summed E-state index contributed by atoms with van der Waals surface area (Å²) in [5.74, 6) is -3.99. The number of carbonyl (C=O) groups excluding carboxylic acids is 4. The lowest BCUT2D eigenvalue weighted by molar-refractivity contribution is -0.150. The van der Waals surface area contributed by atoms with Gasteiger partial charge in [-0.2, -0.15) is 0 Å². The van der Waals surface area contributed by atoms with Gasteiger partial charge in [-0.3, -0.25) is 19.2 Å². The summed E-state index contributed by atoms with van der Waals surface area (Å²) in [6, 6.07) is 8.31. The molecule has 1 aliphatic heterocycles. The predicted octanol–water partition coefficient (Wildman–Crippen LogP) is 1.25. The number of ether oxygens (including phenoxy) is 1. The first-order valence-corrected chi connectivity index (χ1v) is 6.79. The highest BCUT2D eigenvalue weighted by Crippen LogP contribution is 2.27. The third-order valence-electron chi connectivity index (χ3n) is 3.20. The number of anilines is 1. The highest BCUT2D eigenvalue weighted by Gasteiger charge is 2.41. The Hall–Kier alpha value is -2.76. The zero-order valence-electron chi connectivity index (χ0n) is 12.2. The largest absolute Gasteiger partial charge is 0.465 e. The number of benzene rings is 1. The average molecular weight is 301 g/mol. The summed E-state index contributed by atoms with van der Waals surface area (Å²) in [5.41, 5.74) is 0.231. The van der Waals surface area contributed by atoms with Crippen molar-refractivity contribution < 1.29 is 23.9 Å². The second-order valence-electron chi connectivity index (χ2n) is 4.71. The number of hydrogen-bond acceptors (Lipinski definition) is 5. The smallest absolute Gasteiger partial charge is 0.321 e. The van der Waals surface area contributed by atoms with E-state index in [4.69, 9.17) is 4.74 Å². The number of nitrogens with zero attached hydrogens (tertiary/aromatic N) is 1. The Kier molecular flexibility index (Phi) is 4.50. The third-order valence-corrected chi connectivity index (χ3v) is 3.20. The summed E-state index contributed by atoms with van der Waals surface area (Å²) in [6.07, 6.45) is 1.03. The average Bonchev–Trinajstić information content (AvgIpc) is 2.75. The molecule has 1 aromatic carbocycles. The number of Topliss-reactive ketones (excluding diaryl/α,β-unsaturated/α-hetero) is 1. The highest BCUT2D eigenvalue weighted by atomic mass is 16.5. The van der Waals surface area contributed by atoms with Crippen LogP contribution in [0.2, 0.25) is 0 Å². The van der Waals surface area contributed by atoms with Crippen LogP contribution < -0.4 is 4.90 Å². The van der Waals surface area contributed by atoms with Crippen LogP contribution in [-0.2, 0) is 23.9 Å². The zero-order chi connectivity index (χ0) is 16.3. The van der Waals surface area contributed by atoms with E-state index in [1.54, 1.807) is 37.3 Å². The van der Waals surface area contributed by atoms with E-state index in [1.807, 2.05) is 0 Å². The second-order valence-corrected chi connectivity index (χ2v) is 4.71. The molecular formula is C16H15NO5. The summed E-state index contributed by atoms with van der Waals surface area (Å²) in [7, 11) is 0. The van der Waals surface area contributed by atoms with Gasteiger partial charge in [0.05, 0.1) is 12.3 Å². The summed E-state index contributed by atoms with van der Waals surface area (Å²) >= 11 is 0. The van der Waals surface area contributed by atoms with Crippen LogP contribution in [0, 0.1) is 5.92 Å². The Labute approximate surface area is 127 Å². The van der Waals surface area contributed by atoms with Crippen molar-refractivity contribution in [3.8, 4) is 0 Å². The van der Waals surface area contributed by atoms with Crippen LogP contribution in [0.4, 0.5) is 5.69 Å². The van der Waals surface area contributed by atoms with Crippen LogP contribution in [0.15, 0.2) is 42.0 Å². The number of imide groups is 1. The fourth-order valence-electron chi connectivity index (χ4n) is 2.25. The molecule has 1 unspecified atom stereocenters. The van der Waals surface area contributed by atoms with Crippen molar-refractivity contribution in [2.75, 3.05) is 11.5 Å².